The summed E-state index contributed by atoms with van der Waals surface area (Å²) >= 11 is 4.49. The molecule has 0 fully saturated rings. The molecule has 0 amide bonds. The first-order valence-corrected chi connectivity index (χ1v) is 7.12. The van der Waals surface area contributed by atoms with Crippen molar-refractivity contribution >= 4 is 45.2 Å². The number of quaternary nitrogens is 1. The van der Waals surface area contributed by atoms with E-state index in [0.29, 0.717) is 19.4 Å². The molecule has 1 unspecified atom stereocenters. The van der Waals surface area contributed by atoms with Gasteiger partial charge in [0.25, 0.3) is 0 Å². The summed E-state index contributed by atoms with van der Waals surface area (Å²) in [6.07, 6.45) is 1.33. The van der Waals surface area contributed by atoms with Crippen LogP contribution in [0.4, 0.5) is 0 Å². The van der Waals surface area contributed by atoms with Gasteiger partial charge in [0.1, 0.15) is 12.1 Å². The molecule has 0 heterocycles. The number of aliphatic hydroxyl groups is 2. The Morgan fingerprint density at radius 3 is 2.07 bits per heavy atom. The Morgan fingerprint density at radius 2 is 1.79 bits per heavy atom. The van der Waals surface area contributed by atoms with Crippen molar-refractivity contribution in [3.63, 3.8) is 0 Å². The smallest absolute Gasteiger partial charge is 0.134 e. The fraction of sp³-hybridized carbons (Fsp3) is 1.00. The Hall–Kier alpha value is 1.34. The van der Waals surface area contributed by atoms with Crippen molar-refractivity contribution in [3.8, 4) is 0 Å². The summed E-state index contributed by atoms with van der Waals surface area (Å²) in [5, 5.41) is 19.2. The normalized spacial score (nSPS) is 17.1. The molecule has 3 nitrogen and oxygen atoms in total. The van der Waals surface area contributed by atoms with Crippen LogP contribution in [0.25, 0.3) is 0 Å². The van der Waals surface area contributed by atoms with E-state index in [1.807, 2.05) is 0 Å². The van der Waals surface area contributed by atoms with Crippen LogP contribution >= 0.6 is 45.2 Å². The second-order valence-electron chi connectivity index (χ2n) is 4.68. The molecule has 0 aliphatic rings. The van der Waals surface area contributed by atoms with Crippen LogP contribution in [-0.4, -0.2) is 56.5 Å². The van der Waals surface area contributed by atoms with Crippen molar-refractivity contribution in [1.29, 1.82) is 0 Å². The fourth-order valence-corrected chi connectivity index (χ4v) is 2.48. The van der Waals surface area contributed by atoms with Crippen LogP contribution in [0.1, 0.15) is 12.8 Å². The first kappa shape index (κ1) is 15.3. The van der Waals surface area contributed by atoms with Crippen molar-refractivity contribution in [1.82, 2.24) is 0 Å². The summed E-state index contributed by atoms with van der Waals surface area (Å²) in [6.45, 7) is 0.864. The Bertz CT molecular complexity index is 171. The van der Waals surface area contributed by atoms with Crippen LogP contribution in [-0.2, 0) is 0 Å². The number of alkyl halides is 2. The molecule has 0 saturated carbocycles. The Balaban J connectivity index is 4.39. The summed E-state index contributed by atoms with van der Waals surface area (Å²) in [6, 6.07) is 0. The molecule has 0 aromatic rings. The standard InChI is InChI=1S/C9H20I2NO2/c1-12(2,3)7-9(14,8(10)11)5-4-6-13/h8,13-14H,4-7H2,1-3H3/q+1. The second kappa shape index (κ2) is 6.17. The summed E-state index contributed by atoms with van der Waals surface area (Å²) in [7, 11) is 6.21. The van der Waals surface area contributed by atoms with E-state index in [4.69, 9.17) is 5.11 Å². The van der Waals surface area contributed by atoms with Gasteiger partial charge >= 0.3 is 0 Å². The van der Waals surface area contributed by atoms with Gasteiger partial charge in [0.15, 0.2) is 0 Å². The third kappa shape index (κ3) is 6.04. The predicted molar refractivity (Wildman–Crippen MR) is 76.0 cm³/mol. The molecule has 1 atom stereocenters. The molecule has 0 aromatic carbocycles. The van der Waals surface area contributed by atoms with Gasteiger partial charge in [-0.15, -0.1) is 0 Å². The molecule has 0 spiro atoms. The van der Waals surface area contributed by atoms with Gasteiger partial charge in [-0.1, -0.05) is 45.2 Å². The van der Waals surface area contributed by atoms with E-state index in [1.165, 1.54) is 0 Å². The topological polar surface area (TPSA) is 40.5 Å². The Labute approximate surface area is 114 Å². The van der Waals surface area contributed by atoms with Crippen molar-refractivity contribution in [2.24, 2.45) is 0 Å². The third-order valence-corrected chi connectivity index (χ3v) is 4.24. The van der Waals surface area contributed by atoms with Gasteiger partial charge in [0, 0.05) is 6.61 Å². The minimum atomic E-state index is -0.678. The average molecular weight is 428 g/mol. The van der Waals surface area contributed by atoms with E-state index < -0.39 is 5.60 Å². The number of aliphatic hydroxyl groups excluding tert-OH is 1. The molecule has 14 heavy (non-hydrogen) atoms. The van der Waals surface area contributed by atoms with Crippen molar-refractivity contribution < 1.29 is 14.7 Å². The van der Waals surface area contributed by atoms with Gasteiger partial charge in [-0.3, -0.25) is 0 Å². The highest BCUT2D eigenvalue weighted by atomic mass is 127. The fourth-order valence-electron chi connectivity index (χ4n) is 1.46. The van der Waals surface area contributed by atoms with Gasteiger partial charge in [0.2, 0.25) is 0 Å². The van der Waals surface area contributed by atoms with Crippen LogP contribution in [0, 0.1) is 0 Å². The molecule has 0 radical (unpaired) electrons. The van der Waals surface area contributed by atoms with E-state index in [0.717, 1.165) is 4.48 Å². The number of halogens is 2. The molecule has 0 rings (SSSR count). The lowest BCUT2D eigenvalue weighted by atomic mass is 9.99. The second-order valence-corrected chi connectivity index (χ2v) is 9.55. The van der Waals surface area contributed by atoms with Gasteiger partial charge in [-0.2, -0.15) is 0 Å². The lowest BCUT2D eigenvalue weighted by molar-refractivity contribution is -0.876. The largest absolute Gasteiger partial charge is 0.396 e. The third-order valence-electron chi connectivity index (χ3n) is 1.92. The minimum Gasteiger partial charge on any atom is -0.396 e. The van der Waals surface area contributed by atoms with Crippen LogP contribution in [0.15, 0.2) is 0 Å². The monoisotopic (exact) mass is 428 g/mol. The maximum Gasteiger partial charge on any atom is 0.134 e. The SMILES string of the molecule is C[N+](C)(C)CC(O)(CCCO)C(I)I. The molecular formula is C9H20I2NO2+. The Morgan fingerprint density at radius 1 is 1.29 bits per heavy atom. The minimum absolute atomic E-state index is 0.152. The maximum atomic E-state index is 10.4. The number of hydrogen-bond acceptors (Lipinski definition) is 2. The summed E-state index contributed by atoms with van der Waals surface area (Å²) in [4.78, 5) is 0. The Kier molecular flexibility index (Phi) is 6.76. The zero-order valence-corrected chi connectivity index (χ0v) is 13.3. The summed E-state index contributed by atoms with van der Waals surface area (Å²) in [5.74, 6) is 0. The highest BCUT2D eigenvalue weighted by Crippen LogP contribution is 2.30. The first-order chi connectivity index (χ1) is 6.21. The molecule has 5 heteroatoms. The lowest BCUT2D eigenvalue weighted by Gasteiger charge is -2.36. The van der Waals surface area contributed by atoms with E-state index in [-0.39, 0.29) is 8.54 Å². The van der Waals surface area contributed by atoms with Gasteiger partial charge in [0.05, 0.1) is 23.1 Å². The summed E-state index contributed by atoms with van der Waals surface area (Å²) < 4.78 is 0.909. The molecule has 0 aliphatic carbocycles. The van der Waals surface area contributed by atoms with Crippen molar-refractivity contribution in [3.05, 3.63) is 0 Å². The highest BCUT2D eigenvalue weighted by molar-refractivity contribution is 14.2. The lowest BCUT2D eigenvalue weighted by Crippen LogP contribution is -2.52. The molecular weight excluding hydrogens is 408 g/mol. The number of rotatable bonds is 6. The zero-order valence-electron chi connectivity index (χ0n) is 9.00. The molecule has 0 saturated heterocycles. The number of nitrogens with zero attached hydrogens (tertiary/aromatic N) is 1. The maximum absolute atomic E-state index is 10.4. The van der Waals surface area contributed by atoms with Gasteiger partial charge in [-0.25, -0.2) is 0 Å². The zero-order chi connectivity index (χ0) is 11.4. The quantitative estimate of drug-likeness (QED) is 0.382. The molecule has 0 aromatic heterocycles. The molecule has 0 bridgehead atoms. The van der Waals surface area contributed by atoms with Crippen LogP contribution in [0.2, 0.25) is 0 Å². The molecule has 2 N–H and O–H groups in total. The highest BCUT2D eigenvalue weighted by Gasteiger charge is 2.38. The first-order valence-electron chi connectivity index (χ1n) is 4.63. The van der Waals surface area contributed by atoms with Crippen molar-refractivity contribution in [2.45, 2.75) is 20.4 Å². The van der Waals surface area contributed by atoms with Crippen LogP contribution in [0.5, 0.6) is 0 Å². The van der Waals surface area contributed by atoms with E-state index in [2.05, 4.69) is 66.3 Å². The van der Waals surface area contributed by atoms with Gasteiger partial charge < -0.3 is 14.7 Å². The van der Waals surface area contributed by atoms with E-state index in [1.54, 1.807) is 0 Å². The average Bonchev–Trinajstić information content (AvgIpc) is 1.97. The molecule has 86 valence electrons. The number of likely N-dealkylation sites (N-methyl/N-ethyl adjacent to an activating group) is 1. The van der Waals surface area contributed by atoms with Crippen molar-refractivity contribution in [2.75, 3.05) is 34.3 Å². The van der Waals surface area contributed by atoms with Gasteiger partial charge in [-0.05, 0) is 12.8 Å². The predicted octanol–water partition coefficient (Wildman–Crippen LogP) is 1.39. The summed E-state index contributed by atoms with van der Waals surface area (Å²) in [5.41, 5.74) is -0.678. The van der Waals surface area contributed by atoms with Crippen LogP contribution < -0.4 is 0 Å². The van der Waals surface area contributed by atoms with E-state index >= 15 is 0 Å². The molecule has 0 aliphatic heterocycles. The number of hydrogen-bond donors (Lipinski definition) is 2. The van der Waals surface area contributed by atoms with Crippen LogP contribution in [0.3, 0.4) is 0 Å². The van der Waals surface area contributed by atoms with E-state index in [9.17, 15) is 5.11 Å².